The summed E-state index contributed by atoms with van der Waals surface area (Å²) in [7, 11) is 0. The van der Waals surface area contributed by atoms with Gasteiger partial charge in [0.15, 0.2) is 23.2 Å². The first-order valence-electron chi connectivity index (χ1n) is 11.2. The van der Waals surface area contributed by atoms with Crippen LogP contribution in [0.5, 0.6) is 0 Å². The maximum atomic E-state index is 10.7. The topological polar surface area (TPSA) is 156 Å². The first kappa shape index (κ1) is 22.6. The largest absolute Gasteiger partial charge is 0.468 e. The Labute approximate surface area is 195 Å². The lowest BCUT2D eigenvalue weighted by molar-refractivity contribution is -0.0493. The average Bonchev–Trinajstić information content (AvgIpc) is 3.59. The smallest absolute Gasteiger partial charge is 0.257 e. The van der Waals surface area contributed by atoms with Crippen LogP contribution >= 0.6 is 12.2 Å². The van der Waals surface area contributed by atoms with Crippen molar-refractivity contribution in [2.24, 2.45) is 0 Å². The van der Waals surface area contributed by atoms with Crippen LogP contribution in [0.4, 0.5) is 5.82 Å². The fourth-order valence-corrected chi connectivity index (χ4v) is 4.76. The summed E-state index contributed by atoms with van der Waals surface area (Å²) in [6.07, 6.45) is 1.68. The lowest BCUT2D eigenvalue weighted by Gasteiger charge is -2.20. The van der Waals surface area contributed by atoms with Gasteiger partial charge in [-0.05, 0) is 37.9 Å². The van der Waals surface area contributed by atoms with Crippen LogP contribution in [-0.2, 0) is 14.2 Å². The number of imidazole rings is 1. The summed E-state index contributed by atoms with van der Waals surface area (Å²) in [5.41, 5.74) is 1.01. The van der Waals surface area contributed by atoms with Gasteiger partial charge in [-0.2, -0.15) is 0 Å². The molecule has 13 heteroatoms. The molecule has 2 aromatic heterocycles. The molecule has 180 valence electrons. The maximum Gasteiger partial charge on any atom is 0.257 e. The Morgan fingerprint density at radius 3 is 2.82 bits per heavy atom. The van der Waals surface area contributed by atoms with Crippen LogP contribution in [0, 0.1) is 0 Å². The van der Waals surface area contributed by atoms with Crippen molar-refractivity contribution in [2.75, 3.05) is 25.1 Å². The van der Waals surface area contributed by atoms with E-state index in [0.29, 0.717) is 30.2 Å². The van der Waals surface area contributed by atoms with Crippen LogP contribution in [0.2, 0.25) is 0 Å². The van der Waals surface area contributed by atoms with Crippen molar-refractivity contribution in [2.45, 2.75) is 68.4 Å². The van der Waals surface area contributed by atoms with Gasteiger partial charge in [0.05, 0.1) is 31.1 Å². The second-order valence-electron chi connectivity index (χ2n) is 8.65. The summed E-state index contributed by atoms with van der Waals surface area (Å²) in [4.78, 5) is 13.0. The molecular weight excluding hydrogens is 452 g/mol. The van der Waals surface area contributed by atoms with Crippen molar-refractivity contribution < 1.29 is 29.5 Å². The highest BCUT2D eigenvalue weighted by Crippen LogP contribution is 2.32. The fraction of sp³-hybridized carbons (Fsp3) is 0.700. The third-order valence-electron chi connectivity index (χ3n) is 6.40. The van der Waals surface area contributed by atoms with E-state index in [1.807, 2.05) is 0 Å². The van der Waals surface area contributed by atoms with Gasteiger partial charge in [0.2, 0.25) is 0 Å². The molecule has 3 fully saturated rings. The number of hydrogen-bond donors (Lipinski definition) is 5. The van der Waals surface area contributed by atoms with Crippen LogP contribution in [0.3, 0.4) is 0 Å². The predicted octanol–water partition coefficient (Wildman–Crippen LogP) is -0.549. The quantitative estimate of drug-likeness (QED) is 0.337. The number of anilines is 1. The van der Waals surface area contributed by atoms with Crippen molar-refractivity contribution in [3.63, 3.8) is 0 Å². The number of aromatic nitrogens is 4. The first-order chi connectivity index (χ1) is 16.0. The van der Waals surface area contributed by atoms with Crippen molar-refractivity contribution in [3.8, 4) is 0 Å². The van der Waals surface area contributed by atoms with E-state index in [2.05, 4.69) is 25.6 Å². The molecule has 0 radical (unpaired) electrons. The Kier molecular flexibility index (Phi) is 6.58. The van der Waals surface area contributed by atoms with E-state index >= 15 is 0 Å². The van der Waals surface area contributed by atoms with E-state index in [0.717, 1.165) is 25.7 Å². The molecule has 12 nitrogen and oxygen atoms in total. The Morgan fingerprint density at radius 1 is 1.18 bits per heavy atom. The number of ether oxygens (including phenoxy) is 3. The van der Waals surface area contributed by atoms with E-state index in [-0.39, 0.29) is 23.9 Å². The maximum absolute atomic E-state index is 10.7. The van der Waals surface area contributed by atoms with Gasteiger partial charge in [0, 0.05) is 6.61 Å². The molecule has 2 aromatic rings. The molecule has 2 saturated heterocycles. The minimum atomic E-state index is -1.22. The number of hydrogen-bond acceptors (Lipinski definition) is 11. The van der Waals surface area contributed by atoms with Crippen LogP contribution in [-0.4, -0.2) is 96.3 Å². The lowest BCUT2D eigenvalue weighted by atomic mass is 10.1. The highest BCUT2D eigenvalue weighted by molar-refractivity contribution is 7.80. The zero-order valence-corrected chi connectivity index (χ0v) is 18.7. The van der Waals surface area contributed by atoms with Crippen LogP contribution in [0.1, 0.15) is 31.9 Å². The summed E-state index contributed by atoms with van der Waals surface area (Å²) >= 11 is 5.20. The average molecular weight is 481 g/mol. The molecule has 1 unspecified atom stereocenters. The van der Waals surface area contributed by atoms with E-state index in [1.165, 1.54) is 12.7 Å². The van der Waals surface area contributed by atoms with E-state index < -0.39 is 30.6 Å². The SMILES string of the molecule is O[C@@H]1[C@@H](COC(=S)N[C@H]2CCC[C@@H]2O)OC(n2cnc3c(N[C@@H]4CCOC4)ncnc32)[C@@H]1O. The minimum Gasteiger partial charge on any atom is -0.468 e. The number of fused-ring (bicyclic) bond motifs is 1. The molecule has 0 aromatic carbocycles. The van der Waals surface area contributed by atoms with Gasteiger partial charge < -0.3 is 40.2 Å². The summed E-state index contributed by atoms with van der Waals surface area (Å²) in [6, 6.07) is 0.00794. The number of nitrogens with one attached hydrogen (secondary N) is 2. The Balaban J connectivity index is 1.24. The molecule has 5 rings (SSSR count). The van der Waals surface area contributed by atoms with Crippen molar-refractivity contribution >= 4 is 34.4 Å². The second-order valence-corrected chi connectivity index (χ2v) is 9.02. The number of rotatable bonds is 6. The number of nitrogens with zero attached hydrogens (tertiary/aromatic N) is 4. The molecule has 2 aliphatic heterocycles. The van der Waals surface area contributed by atoms with Gasteiger partial charge in [-0.25, -0.2) is 15.0 Å². The lowest BCUT2D eigenvalue weighted by Crippen LogP contribution is -2.42. The summed E-state index contributed by atoms with van der Waals surface area (Å²) < 4.78 is 18.4. The Morgan fingerprint density at radius 2 is 2.06 bits per heavy atom. The Hall–Kier alpha value is -2.16. The van der Waals surface area contributed by atoms with Gasteiger partial charge >= 0.3 is 0 Å². The van der Waals surface area contributed by atoms with Gasteiger partial charge in [-0.3, -0.25) is 4.57 Å². The highest BCUT2D eigenvalue weighted by Gasteiger charge is 2.45. The molecule has 0 spiro atoms. The van der Waals surface area contributed by atoms with Crippen LogP contribution in [0.15, 0.2) is 12.7 Å². The summed E-state index contributed by atoms with van der Waals surface area (Å²) in [5.74, 6) is 0.577. The minimum absolute atomic E-state index is 0.0561. The molecule has 3 aliphatic rings. The predicted molar refractivity (Wildman–Crippen MR) is 119 cm³/mol. The Bertz CT molecular complexity index is 987. The van der Waals surface area contributed by atoms with Crippen molar-refractivity contribution in [1.29, 1.82) is 0 Å². The fourth-order valence-electron chi connectivity index (χ4n) is 4.54. The molecule has 1 aliphatic carbocycles. The van der Waals surface area contributed by atoms with Gasteiger partial charge in [0.1, 0.15) is 31.2 Å². The highest BCUT2D eigenvalue weighted by atomic mass is 32.1. The van der Waals surface area contributed by atoms with Crippen molar-refractivity contribution in [3.05, 3.63) is 12.7 Å². The number of thiocarbonyl (C=S) groups is 1. The molecule has 0 amide bonds. The van der Waals surface area contributed by atoms with Gasteiger partial charge in [0.25, 0.3) is 5.17 Å². The first-order valence-corrected chi connectivity index (χ1v) is 11.6. The summed E-state index contributed by atoms with van der Waals surface area (Å²) in [5, 5.41) is 37.5. The number of aliphatic hydroxyl groups excluding tert-OH is 3. The van der Waals surface area contributed by atoms with E-state index in [9.17, 15) is 15.3 Å². The van der Waals surface area contributed by atoms with Gasteiger partial charge in [-0.15, -0.1) is 0 Å². The molecule has 33 heavy (non-hydrogen) atoms. The molecule has 5 N–H and O–H groups in total. The van der Waals surface area contributed by atoms with Crippen LogP contribution in [0.25, 0.3) is 11.2 Å². The van der Waals surface area contributed by atoms with Crippen LogP contribution < -0.4 is 10.6 Å². The standard InChI is InChI=1S/C20H28N6O6S/c27-12-3-1-2-11(12)25-20(33)31-7-13-15(28)16(29)19(32-13)26-9-23-14-17(21-8-22-18(14)26)24-10-4-5-30-6-10/h8-13,15-16,19,27-29H,1-7H2,(H,25,33)(H,21,22,24)/t10-,11+,12+,13-,15-,16-,19?/m1/s1. The molecule has 0 bridgehead atoms. The van der Waals surface area contributed by atoms with Crippen molar-refractivity contribution in [1.82, 2.24) is 24.8 Å². The second kappa shape index (κ2) is 9.60. The zero-order valence-electron chi connectivity index (χ0n) is 17.9. The van der Waals surface area contributed by atoms with E-state index in [1.54, 1.807) is 4.57 Å². The third kappa shape index (κ3) is 4.61. The monoisotopic (exact) mass is 480 g/mol. The third-order valence-corrected chi connectivity index (χ3v) is 6.64. The van der Waals surface area contributed by atoms with Gasteiger partial charge in [-0.1, -0.05) is 0 Å². The summed E-state index contributed by atoms with van der Waals surface area (Å²) in [6.45, 7) is 1.24. The molecule has 7 atom stereocenters. The molecular formula is C20H28N6O6S. The molecule has 4 heterocycles. The normalized spacial score (nSPS) is 34.1. The zero-order chi connectivity index (χ0) is 22.9. The van der Waals surface area contributed by atoms with E-state index in [4.69, 9.17) is 26.4 Å². The molecule has 1 saturated carbocycles. The number of aliphatic hydroxyl groups is 3.